The molecule has 6 heteroatoms. The van der Waals surface area contributed by atoms with Crippen LogP contribution in [0.2, 0.25) is 0 Å². The number of nitro groups is 1. The van der Waals surface area contributed by atoms with Crippen LogP contribution in [0.15, 0.2) is 18.2 Å². The van der Waals surface area contributed by atoms with Gasteiger partial charge in [0, 0.05) is 44.0 Å². The Hall–Kier alpha value is -1.82. The van der Waals surface area contributed by atoms with Crippen molar-refractivity contribution in [3.63, 3.8) is 0 Å². The molecule has 1 aromatic rings. The zero-order valence-electron chi connectivity index (χ0n) is 17.8. The highest BCUT2D eigenvalue weighted by Crippen LogP contribution is 2.66. The van der Waals surface area contributed by atoms with Crippen LogP contribution in [0.3, 0.4) is 0 Å². The zero-order valence-corrected chi connectivity index (χ0v) is 17.8. The summed E-state index contributed by atoms with van der Waals surface area (Å²) in [5, 5.41) is 15.4. The van der Waals surface area contributed by atoms with Crippen LogP contribution < -0.4 is 10.2 Å². The zero-order chi connectivity index (χ0) is 20.2. The van der Waals surface area contributed by atoms with Crippen molar-refractivity contribution in [2.45, 2.75) is 51.5 Å². The van der Waals surface area contributed by atoms with Gasteiger partial charge in [0.1, 0.15) is 5.69 Å². The van der Waals surface area contributed by atoms with E-state index in [0.29, 0.717) is 11.1 Å². The van der Waals surface area contributed by atoms with E-state index in [4.69, 9.17) is 0 Å². The van der Waals surface area contributed by atoms with E-state index in [2.05, 4.69) is 29.1 Å². The number of likely N-dealkylation sites (N-methyl/N-ethyl adjacent to an activating group) is 1. The number of rotatable bonds is 5. The van der Waals surface area contributed by atoms with Gasteiger partial charge in [0.15, 0.2) is 0 Å². The Bertz CT molecular complexity index is 791. The molecule has 0 amide bonds. The average Bonchev–Trinajstić information content (AvgIpc) is 3.28. The first-order valence-electron chi connectivity index (χ1n) is 11.4. The topological polar surface area (TPSA) is 61.6 Å². The summed E-state index contributed by atoms with van der Waals surface area (Å²) < 4.78 is 0. The minimum Gasteiger partial charge on any atom is -0.376 e. The smallest absolute Gasteiger partial charge is 0.292 e. The Morgan fingerprint density at radius 3 is 2.76 bits per heavy atom. The van der Waals surface area contributed by atoms with Crippen molar-refractivity contribution in [1.82, 2.24) is 4.90 Å². The third kappa shape index (κ3) is 3.20. The van der Waals surface area contributed by atoms with Crippen LogP contribution in [0.1, 0.15) is 45.4 Å². The van der Waals surface area contributed by atoms with E-state index in [-0.39, 0.29) is 16.7 Å². The highest BCUT2D eigenvalue weighted by Gasteiger charge is 2.59. The molecular formula is C23H34N4O2. The number of hydrogen-bond acceptors (Lipinski definition) is 5. The number of fused-ring (bicyclic) bond motifs is 1. The van der Waals surface area contributed by atoms with Crippen LogP contribution in [0.25, 0.3) is 0 Å². The molecular weight excluding hydrogens is 364 g/mol. The van der Waals surface area contributed by atoms with E-state index in [9.17, 15) is 10.1 Å². The molecule has 6 nitrogen and oxygen atoms in total. The summed E-state index contributed by atoms with van der Waals surface area (Å²) in [7, 11) is 2.15. The van der Waals surface area contributed by atoms with Crippen molar-refractivity contribution < 1.29 is 4.92 Å². The van der Waals surface area contributed by atoms with Crippen molar-refractivity contribution >= 4 is 17.1 Å². The fourth-order valence-electron chi connectivity index (χ4n) is 7.25. The van der Waals surface area contributed by atoms with Gasteiger partial charge in [0.2, 0.25) is 0 Å². The van der Waals surface area contributed by atoms with Gasteiger partial charge in [-0.3, -0.25) is 10.1 Å². The highest BCUT2D eigenvalue weighted by atomic mass is 16.6. The Labute approximate surface area is 173 Å². The van der Waals surface area contributed by atoms with Crippen molar-refractivity contribution in [2.75, 3.05) is 43.4 Å². The van der Waals surface area contributed by atoms with Gasteiger partial charge in [-0.15, -0.1) is 0 Å². The van der Waals surface area contributed by atoms with E-state index < -0.39 is 0 Å². The number of benzene rings is 1. The molecule has 3 aliphatic carbocycles. The molecule has 3 saturated carbocycles. The minimum atomic E-state index is -0.231. The van der Waals surface area contributed by atoms with Crippen LogP contribution >= 0.6 is 0 Å². The van der Waals surface area contributed by atoms with Crippen LogP contribution in [0.5, 0.6) is 0 Å². The number of nitrogens with one attached hydrogen (secondary N) is 1. The van der Waals surface area contributed by atoms with Crippen molar-refractivity contribution in [1.29, 1.82) is 0 Å². The maximum absolute atomic E-state index is 11.7. The molecule has 4 fully saturated rings. The summed E-state index contributed by atoms with van der Waals surface area (Å²) >= 11 is 0. The Balaban J connectivity index is 1.41. The third-order valence-corrected chi connectivity index (χ3v) is 8.70. The summed E-state index contributed by atoms with van der Waals surface area (Å²) in [6.07, 6.45) is 8.13. The fourth-order valence-corrected chi connectivity index (χ4v) is 7.25. The van der Waals surface area contributed by atoms with Crippen LogP contribution in [0.4, 0.5) is 17.1 Å². The van der Waals surface area contributed by atoms with Crippen LogP contribution in [-0.4, -0.2) is 49.1 Å². The molecule has 2 bridgehead atoms. The lowest BCUT2D eigenvalue weighted by Crippen LogP contribution is -2.47. The van der Waals surface area contributed by atoms with Gasteiger partial charge in [0.05, 0.1) is 4.92 Å². The number of piperazine rings is 1. The second kappa shape index (κ2) is 7.15. The second-order valence-corrected chi connectivity index (χ2v) is 10.1. The molecule has 4 aliphatic rings. The van der Waals surface area contributed by atoms with Gasteiger partial charge in [-0.25, -0.2) is 0 Å². The quantitative estimate of drug-likeness (QED) is 0.590. The van der Waals surface area contributed by atoms with E-state index in [1.807, 2.05) is 12.1 Å². The molecule has 0 aromatic heterocycles. The van der Waals surface area contributed by atoms with E-state index in [1.54, 1.807) is 6.07 Å². The largest absolute Gasteiger partial charge is 0.376 e. The molecule has 0 unspecified atom stereocenters. The van der Waals surface area contributed by atoms with Gasteiger partial charge < -0.3 is 15.1 Å². The summed E-state index contributed by atoms with van der Waals surface area (Å²) in [5.74, 6) is 2.61. The van der Waals surface area contributed by atoms with Crippen molar-refractivity contribution in [3.8, 4) is 0 Å². The summed E-state index contributed by atoms with van der Waals surface area (Å²) in [6, 6.07) is 5.93. The average molecular weight is 399 g/mol. The minimum absolute atomic E-state index is 0.210. The molecule has 5 rings (SSSR count). The molecule has 1 aliphatic heterocycles. The van der Waals surface area contributed by atoms with Crippen molar-refractivity contribution in [2.24, 2.45) is 23.2 Å². The van der Waals surface area contributed by atoms with E-state index in [1.165, 1.54) is 38.5 Å². The lowest BCUT2D eigenvalue weighted by atomic mass is 9.58. The Kier molecular flexibility index (Phi) is 4.72. The monoisotopic (exact) mass is 398 g/mol. The van der Waals surface area contributed by atoms with Crippen LogP contribution in [-0.2, 0) is 0 Å². The lowest BCUT2D eigenvalue weighted by Gasteiger charge is -2.50. The van der Waals surface area contributed by atoms with Gasteiger partial charge in [-0.2, -0.15) is 0 Å². The second-order valence-electron chi connectivity index (χ2n) is 10.1. The predicted octanol–water partition coefficient (Wildman–Crippen LogP) is 4.36. The van der Waals surface area contributed by atoms with Gasteiger partial charge in [0.25, 0.3) is 5.69 Å². The standard InChI is InChI=1S/C23H34N4O2/c1-16(23-7-3-4-18-12-17(15-23)13-20(18)23)24-21-14-19(5-6-22(21)27(28)29)26-10-8-25(2)9-11-26/h5-6,14,16-18,20,24H,3-4,7-13,15H2,1-2H3/t16-,17-,18+,20+,23-/m0/s1. The molecule has 1 saturated heterocycles. The Morgan fingerprint density at radius 1 is 1.24 bits per heavy atom. The fraction of sp³-hybridized carbons (Fsp3) is 0.739. The van der Waals surface area contributed by atoms with E-state index in [0.717, 1.165) is 49.6 Å². The van der Waals surface area contributed by atoms with Gasteiger partial charge in [-0.1, -0.05) is 12.8 Å². The number of hydrogen-bond donors (Lipinski definition) is 1. The maximum atomic E-state index is 11.7. The first-order valence-corrected chi connectivity index (χ1v) is 11.4. The summed E-state index contributed by atoms with van der Waals surface area (Å²) in [6.45, 7) is 6.29. The SMILES string of the molecule is C[C@H](Nc1cc(N2CCN(C)CC2)ccc1[N+](=O)[O-])[C@@]12CCC[C@@H]3C[C@@H](C[C@H]31)C2. The molecule has 1 heterocycles. The van der Waals surface area contributed by atoms with E-state index >= 15 is 0 Å². The van der Waals surface area contributed by atoms with Crippen molar-refractivity contribution in [3.05, 3.63) is 28.3 Å². The normalized spacial score (nSPS) is 35.0. The molecule has 5 atom stereocenters. The molecule has 29 heavy (non-hydrogen) atoms. The molecule has 0 radical (unpaired) electrons. The third-order valence-electron chi connectivity index (χ3n) is 8.70. The molecule has 1 aromatic carbocycles. The Morgan fingerprint density at radius 2 is 2.03 bits per heavy atom. The first-order chi connectivity index (χ1) is 14.0. The molecule has 1 N–H and O–H groups in total. The van der Waals surface area contributed by atoms with Gasteiger partial charge in [-0.05, 0) is 75.0 Å². The predicted molar refractivity (Wildman–Crippen MR) is 116 cm³/mol. The van der Waals surface area contributed by atoms with Gasteiger partial charge >= 0.3 is 0 Å². The number of nitrogens with zero attached hydrogens (tertiary/aromatic N) is 3. The van der Waals surface area contributed by atoms with Crippen LogP contribution in [0, 0.1) is 33.3 Å². The summed E-state index contributed by atoms with van der Waals surface area (Å²) in [4.78, 5) is 16.2. The lowest BCUT2D eigenvalue weighted by molar-refractivity contribution is -0.384. The number of anilines is 2. The number of nitro benzene ring substituents is 1. The molecule has 0 spiro atoms. The highest BCUT2D eigenvalue weighted by molar-refractivity contribution is 5.69. The maximum Gasteiger partial charge on any atom is 0.292 e. The first kappa shape index (κ1) is 19.2. The molecule has 158 valence electrons. The summed E-state index contributed by atoms with van der Waals surface area (Å²) in [5.41, 5.74) is 2.36.